The normalized spacial score (nSPS) is 49.7. The molecule has 1 N–H and O–H groups in total. The second-order valence-corrected chi connectivity index (χ2v) is 13.3. The van der Waals surface area contributed by atoms with Crippen molar-refractivity contribution in [1.82, 2.24) is 4.90 Å². The molecule has 6 rings (SSSR count). The summed E-state index contributed by atoms with van der Waals surface area (Å²) in [5.41, 5.74) is 0.739. The molecular weight excluding hydrogens is 426 g/mol. The summed E-state index contributed by atoms with van der Waals surface area (Å²) in [6.07, 6.45) is 13.7. The first-order valence-corrected chi connectivity index (χ1v) is 14.7. The van der Waals surface area contributed by atoms with Crippen molar-refractivity contribution in [3.63, 3.8) is 0 Å². The Bertz CT molecular complexity index is 706. The Balaban J connectivity index is 1.09. The molecule has 194 valence electrons. The van der Waals surface area contributed by atoms with Crippen LogP contribution >= 0.6 is 0 Å². The van der Waals surface area contributed by atoms with Gasteiger partial charge in [0.05, 0.1) is 32.0 Å². The molecule has 4 saturated carbocycles. The highest BCUT2D eigenvalue weighted by Gasteiger charge is 2.61. The van der Waals surface area contributed by atoms with Crippen LogP contribution in [-0.2, 0) is 14.2 Å². The Kier molecular flexibility index (Phi) is 6.82. The molecule has 6 fully saturated rings. The molecule has 5 heteroatoms. The highest BCUT2D eigenvalue weighted by Crippen LogP contribution is 2.68. The predicted molar refractivity (Wildman–Crippen MR) is 132 cm³/mol. The van der Waals surface area contributed by atoms with E-state index < -0.39 is 0 Å². The van der Waals surface area contributed by atoms with E-state index in [0.717, 1.165) is 75.2 Å². The molecule has 4 aliphatic carbocycles. The molecule has 2 aliphatic heterocycles. The van der Waals surface area contributed by atoms with Gasteiger partial charge >= 0.3 is 0 Å². The van der Waals surface area contributed by atoms with E-state index in [4.69, 9.17) is 14.2 Å². The molecular formula is C29H49NO4. The highest BCUT2D eigenvalue weighted by atomic mass is 16.7. The Morgan fingerprint density at radius 3 is 2.50 bits per heavy atom. The van der Waals surface area contributed by atoms with Gasteiger partial charge < -0.3 is 24.2 Å². The van der Waals surface area contributed by atoms with Crippen LogP contribution < -0.4 is 0 Å². The molecule has 2 saturated heterocycles. The summed E-state index contributed by atoms with van der Waals surface area (Å²) in [5, 5.41) is 11.2. The topological polar surface area (TPSA) is 51.2 Å². The SMILES string of the molecule is C[C@]12CC(O)C(OCCN3CCCC3)CC1CC[C@@H]1[C@H]2CC[C@]2(C)C(CC3OCCO3)CC[C@@H]12. The number of nitrogens with zero attached hydrogens (tertiary/aromatic N) is 1. The number of hydrogen-bond acceptors (Lipinski definition) is 5. The number of hydrogen-bond donors (Lipinski definition) is 1. The molecule has 2 heterocycles. The quantitative estimate of drug-likeness (QED) is 0.595. The zero-order valence-corrected chi connectivity index (χ0v) is 21.8. The average molecular weight is 476 g/mol. The van der Waals surface area contributed by atoms with Gasteiger partial charge in [-0.15, -0.1) is 0 Å². The largest absolute Gasteiger partial charge is 0.390 e. The Morgan fingerprint density at radius 2 is 1.71 bits per heavy atom. The Morgan fingerprint density at radius 1 is 0.941 bits per heavy atom. The van der Waals surface area contributed by atoms with Gasteiger partial charge in [0, 0.05) is 13.0 Å². The van der Waals surface area contributed by atoms with Crippen molar-refractivity contribution in [1.29, 1.82) is 0 Å². The average Bonchev–Trinajstić information content (AvgIpc) is 3.57. The van der Waals surface area contributed by atoms with Crippen molar-refractivity contribution >= 4 is 0 Å². The molecule has 0 aromatic rings. The van der Waals surface area contributed by atoms with Crippen molar-refractivity contribution in [2.75, 3.05) is 39.5 Å². The van der Waals surface area contributed by atoms with Crippen molar-refractivity contribution in [2.45, 2.75) is 103 Å². The van der Waals surface area contributed by atoms with Crippen LogP contribution in [0.1, 0.15) is 84.5 Å². The summed E-state index contributed by atoms with van der Waals surface area (Å²) in [6.45, 7) is 11.0. The second-order valence-electron chi connectivity index (χ2n) is 13.3. The molecule has 5 nitrogen and oxygen atoms in total. The van der Waals surface area contributed by atoms with Crippen LogP contribution in [0.4, 0.5) is 0 Å². The summed E-state index contributed by atoms with van der Waals surface area (Å²) in [7, 11) is 0. The summed E-state index contributed by atoms with van der Waals surface area (Å²) >= 11 is 0. The number of ether oxygens (including phenoxy) is 3. The summed E-state index contributed by atoms with van der Waals surface area (Å²) in [4.78, 5) is 2.52. The molecule has 0 bridgehead atoms. The minimum Gasteiger partial charge on any atom is -0.390 e. The van der Waals surface area contributed by atoms with Crippen molar-refractivity contribution in [3.8, 4) is 0 Å². The molecule has 0 aromatic heterocycles. The van der Waals surface area contributed by atoms with Crippen LogP contribution in [0.5, 0.6) is 0 Å². The van der Waals surface area contributed by atoms with Gasteiger partial charge in [0.1, 0.15) is 0 Å². The van der Waals surface area contributed by atoms with E-state index in [0.29, 0.717) is 5.41 Å². The zero-order valence-electron chi connectivity index (χ0n) is 21.8. The van der Waals surface area contributed by atoms with E-state index in [-0.39, 0.29) is 23.9 Å². The number of aliphatic hydroxyl groups excluding tert-OH is 1. The molecule has 6 aliphatic rings. The standard InChI is InChI=1S/C29H49NO4/c1-28-10-9-24-22(23(28)8-6-21(28)18-27-33-15-16-34-27)7-5-20-17-26(25(31)19-29(20,24)2)32-14-13-30-11-3-4-12-30/h20-27,31H,3-19H2,1-2H3/t20?,21?,22-,23-,24+,25?,26?,28+,29-/m0/s1. The van der Waals surface area contributed by atoms with Crippen LogP contribution in [0.15, 0.2) is 0 Å². The highest BCUT2D eigenvalue weighted by molar-refractivity contribution is 5.10. The maximum atomic E-state index is 11.2. The van der Waals surface area contributed by atoms with Crippen LogP contribution in [0.3, 0.4) is 0 Å². The van der Waals surface area contributed by atoms with E-state index in [2.05, 4.69) is 18.7 Å². The van der Waals surface area contributed by atoms with E-state index in [1.807, 2.05) is 0 Å². The van der Waals surface area contributed by atoms with Gasteiger partial charge in [-0.1, -0.05) is 13.8 Å². The van der Waals surface area contributed by atoms with Crippen molar-refractivity contribution in [3.05, 3.63) is 0 Å². The second kappa shape index (κ2) is 9.59. The first-order valence-electron chi connectivity index (χ1n) is 14.7. The number of aliphatic hydroxyl groups is 1. The zero-order chi connectivity index (χ0) is 23.3. The van der Waals surface area contributed by atoms with Crippen LogP contribution in [0.2, 0.25) is 0 Å². The first kappa shape index (κ1) is 24.2. The first-order chi connectivity index (χ1) is 16.5. The monoisotopic (exact) mass is 475 g/mol. The number of likely N-dealkylation sites (tertiary alicyclic amines) is 1. The van der Waals surface area contributed by atoms with Gasteiger partial charge in [-0.05, 0) is 118 Å². The van der Waals surface area contributed by atoms with Crippen molar-refractivity contribution < 1.29 is 19.3 Å². The minimum absolute atomic E-state index is 0.0439. The molecule has 9 atom stereocenters. The van der Waals surface area contributed by atoms with Crippen LogP contribution in [0, 0.1) is 40.4 Å². The van der Waals surface area contributed by atoms with Gasteiger partial charge in [-0.2, -0.15) is 0 Å². The van der Waals surface area contributed by atoms with E-state index in [9.17, 15) is 5.11 Å². The van der Waals surface area contributed by atoms with Crippen LogP contribution in [0.25, 0.3) is 0 Å². The van der Waals surface area contributed by atoms with Gasteiger partial charge in [-0.3, -0.25) is 0 Å². The smallest absolute Gasteiger partial charge is 0.158 e. The van der Waals surface area contributed by atoms with Gasteiger partial charge in [0.2, 0.25) is 0 Å². The summed E-state index contributed by atoms with van der Waals surface area (Å²) in [5.74, 6) is 3.94. The summed E-state index contributed by atoms with van der Waals surface area (Å²) in [6, 6.07) is 0. The predicted octanol–water partition coefficient (Wildman–Crippen LogP) is 4.86. The number of fused-ring (bicyclic) bond motifs is 5. The third-order valence-corrected chi connectivity index (χ3v) is 12.0. The van der Waals surface area contributed by atoms with E-state index >= 15 is 0 Å². The fraction of sp³-hybridized carbons (Fsp3) is 1.00. The Hall–Kier alpha value is -0.200. The van der Waals surface area contributed by atoms with Crippen molar-refractivity contribution in [2.24, 2.45) is 40.4 Å². The molecule has 0 spiro atoms. The fourth-order valence-corrected chi connectivity index (χ4v) is 10.0. The van der Waals surface area contributed by atoms with Gasteiger partial charge in [0.25, 0.3) is 0 Å². The molecule has 4 unspecified atom stereocenters. The lowest BCUT2D eigenvalue weighted by Crippen LogP contribution is -2.57. The maximum Gasteiger partial charge on any atom is 0.158 e. The third kappa shape index (κ3) is 4.20. The summed E-state index contributed by atoms with van der Waals surface area (Å²) < 4.78 is 18.0. The maximum absolute atomic E-state index is 11.2. The molecule has 0 aromatic carbocycles. The molecule has 0 amide bonds. The lowest BCUT2D eigenvalue weighted by atomic mass is 9.44. The Labute approximate surface area is 207 Å². The molecule has 34 heavy (non-hydrogen) atoms. The van der Waals surface area contributed by atoms with E-state index in [1.165, 1.54) is 64.5 Å². The third-order valence-electron chi connectivity index (χ3n) is 12.0. The number of rotatable bonds is 6. The van der Waals surface area contributed by atoms with Gasteiger partial charge in [0.15, 0.2) is 6.29 Å². The minimum atomic E-state index is -0.292. The lowest BCUT2D eigenvalue weighted by Gasteiger charge is -2.61. The fourth-order valence-electron chi connectivity index (χ4n) is 10.0. The lowest BCUT2D eigenvalue weighted by molar-refractivity contribution is -0.173. The van der Waals surface area contributed by atoms with Crippen LogP contribution in [-0.4, -0.2) is 68.0 Å². The van der Waals surface area contributed by atoms with E-state index in [1.54, 1.807) is 0 Å². The van der Waals surface area contributed by atoms with Gasteiger partial charge in [-0.25, -0.2) is 0 Å². The molecule has 0 radical (unpaired) electrons.